The number of epoxide rings is 1. The molecule has 8 nitrogen and oxygen atoms in total. The van der Waals surface area contributed by atoms with E-state index in [9.17, 15) is 0 Å². The van der Waals surface area contributed by atoms with Gasteiger partial charge in [0.15, 0.2) is 16.6 Å². The summed E-state index contributed by atoms with van der Waals surface area (Å²) in [5.74, 6) is 0. The Labute approximate surface area is 206 Å². The van der Waals surface area contributed by atoms with Gasteiger partial charge in [-0.2, -0.15) is 0 Å². The quantitative estimate of drug-likeness (QED) is 0.140. The molecule has 0 radical (unpaired) electrons. The van der Waals surface area contributed by atoms with Gasteiger partial charge in [0.2, 0.25) is 0 Å². The first-order valence-corrected chi connectivity index (χ1v) is 29.5. The highest BCUT2D eigenvalue weighted by Gasteiger charge is 2.38. The summed E-state index contributed by atoms with van der Waals surface area (Å²) in [7, 11) is -12.8. The first kappa shape index (κ1) is 31.2. The van der Waals surface area contributed by atoms with Gasteiger partial charge >= 0.3 is 8.56 Å². The minimum absolute atomic E-state index is 0.308. The fourth-order valence-corrected chi connectivity index (χ4v) is 27.3. The predicted octanol–water partition coefficient (Wildman–Crippen LogP) is 3.03. The monoisotopic (exact) mass is 576 g/mol. The highest BCUT2D eigenvalue weighted by molar-refractivity contribution is 6.84. The van der Waals surface area contributed by atoms with Crippen LogP contribution in [0, 0.1) is 0 Å². The summed E-state index contributed by atoms with van der Waals surface area (Å²) in [6.45, 7) is 25.9. The summed E-state index contributed by atoms with van der Waals surface area (Å²) in [6, 6.07) is 0.908. The Hall–Kier alpha value is 1.20. The van der Waals surface area contributed by atoms with E-state index >= 15 is 0 Å². The van der Waals surface area contributed by atoms with Crippen molar-refractivity contribution >= 4 is 62.3 Å². The maximum Gasteiger partial charge on any atom is 0.315 e. The van der Waals surface area contributed by atoms with Gasteiger partial charge in [-0.15, -0.1) is 0 Å². The second kappa shape index (κ2) is 14.1. The van der Waals surface area contributed by atoms with Crippen molar-refractivity contribution < 1.29 is 34.2 Å². The van der Waals surface area contributed by atoms with Gasteiger partial charge in [-0.25, -0.2) is 0 Å². The van der Waals surface area contributed by atoms with Gasteiger partial charge in [-0.3, -0.25) is 0 Å². The molecule has 1 heterocycles. The van der Waals surface area contributed by atoms with Gasteiger partial charge in [0.05, 0.1) is 13.2 Å². The first-order valence-electron chi connectivity index (χ1n) is 11.8. The molecule has 6 unspecified atom stereocenters. The summed E-state index contributed by atoms with van der Waals surface area (Å²) in [6.07, 6.45) is 1.24. The van der Waals surface area contributed by atoms with Gasteiger partial charge in [-0.1, -0.05) is 0 Å². The number of hydrogen-bond acceptors (Lipinski definition) is 8. The molecule has 0 aromatic carbocycles. The summed E-state index contributed by atoms with van der Waals surface area (Å²) in [5, 5.41) is 0. The Morgan fingerprint density at radius 1 is 0.750 bits per heavy atom. The van der Waals surface area contributed by atoms with Gasteiger partial charge in [0.1, 0.15) is 6.10 Å². The van der Waals surface area contributed by atoms with Crippen molar-refractivity contribution in [2.75, 3.05) is 19.8 Å². The van der Waals surface area contributed by atoms with Crippen LogP contribution in [0.4, 0.5) is 0 Å². The molecule has 0 saturated carbocycles. The molecule has 1 rings (SSSR count). The first-order chi connectivity index (χ1) is 14.6. The Kier molecular flexibility index (Phi) is 13.7. The van der Waals surface area contributed by atoms with E-state index in [1.165, 1.54) is 0 Å². The second-order valence-corrected chi connectivity index (χ2v) is 32.2. The van der Waals surface area contributed by atoms with Crippen molar-refractivity contribution in [2.45, 2.75) is 90.6 Å². The molecule has 192 valence electrons. The second-order valence-electron chi connectivity index (χ2n) is 10.5. The number of hydrogen-bond donors (Lipinski definition) is 0. The van der Waals surface area contributed by atoms with Crippen LogP contribution in [0.5, 0.6) is 0 Å². The summed E-state index contributed by atoms with van der Waals surface area (Å²) in [5.41, 5.74) is 0. The van der Waals surface area contributed by atoms with Crippen molar-refractivity contribution in [3.63, 3.8) is 0 Å². The Morgan fingerprint density at radius 3 is 1.72 bits per heavy atom. The van der Waals surface area contributed by atoms with Crippen LogP contribution in [0.25, 0.3) is 0 Å². The zero-order valence-electron chi connectivity index (χ0n) is 22.2. The van der Waals surface area contributed by atoms with Crippen LogP contribution in [0.3, 0.4) is 0 Å². The fourth-order valence-electron chi connectivity index (χ4n) is 3.43. The fraction of sp³-hybridized carbons (Fsp3) is 1.00. The van der Waals surface area contributed by atoms with E-state index in [1.807, 2.05) is 0 Å². The highest BCUT2D eigenvalue weighted by atomic mass is 28.5. The normalized spacial score (nSPS) is 22.8. The minimum atomic E-state index is -2.34. The molecule has 32 heavy (non-hydrogen) atoms. The summed E-state index contributed by atoms with van der Waals surface area (Å²) < 4.78 is 48.7. The molecule has 0 aliphatic carbocycles. The molecule has 0 amide bonds. The van der Waals surface area contributed by atoms with Crippen LogP contribution >= 0.6 is 0 Å². The minimum Gasteiger partial charge on any atom is -0.439 e. The van der Waals surface area contributed by atoms with Crippen LogP contribution in [0.2, 0.25) is 78.1 Å². The third kappa shape index (κ3) is 16.8. The van der Waals surface area contributed by atoms with Gasteiger partial charge in [0.25, 0.3) is 37.1 Å². The smallest absolute Gasteiger partial charge is 0.315 e. The van der Waals surface area contributed by atoms with Crippen LogP contribution in [-0.4, -0.2) is 88.3 Å². The average Bonchev–Trinajstić information content (AvgIpc) is 3.33. The van der Waals surface area contributed by atoms with E-state index in [-0.39, 0.29) is 0 Å². The van der Waals surface area contributed by atoms with Crippen molar-refractivity contribution in [3.8, 4) is 0 Å². The molecule has 1 fully saturated rings. The molecule has 1 saturated heterocycles. The van der Waals surface area contributed by atoms with E-state index in [2.05, 4.69) is 72.0 Å². The molecule has 0 aromatic rings. The van der Waals surface area contributed by atoms with Crippen molar-refractivity contribution in [3.05, 3.63) is 0 Å². The standard InChI is InChI=1S/C17H48O8Si7/c1-26(21-28(3)23-30(5,6)7)20-27(2)22-29(4)24-32(11,25-31(8,9)10)14-12-13-18-15-17-16-19-17/h17,26-29H,12-16H2,1-11H3. The molecule has 0 N–H and O–H groups in total. The van der Waals surface area contributed by atoms with Gasteiger partial charge < -0.3 is 34.2 Å². The molecule has 1 aliphatic rings. The Balaban J connectivity index is 2.46. The van der Waals surface area contributed by atoms with Crippen molar-refractivity contribution in [2.24, 2.45) is 0 Å². The van der Waals surface area contributed by atoms with E-state index in [4.69, 9.17) is 34.2 Å². The molecule has 0 bridgehead atoms. The van der Waals surface area contributed by atoms with E-state index < -0.39 is 62.3 Å². The Bertz CT molecular complexity index is 532. The molecule has 15 heteroatoms. The summed E-state index contributed by atoms with van der Waals surface area (Å²) >= 11 is 0. The van der Waals surface area contributed by atoms with Crippen LogP contribution in [0.15, 0.2) is 0 Å². The third-order valence-corrected chi connectivity index (χ3v) is 26.3. The maximum atomic E-state index is 6.58. The van der Waals surface area contributed by atoms with Crippen molar-refractivity contribution in [1.29, 1.82) is 0 Å². The molecule has 0 spiro atoms. The Morgan fingerprint density at radius 2 is 1.25 bits per heavy atom. The maximum absolute atomic E-state index is 6.58. The third-order valence-electron chi connectivity index (χ3n) is 4.23. The predicted molar refractivity (Wildman–Crippen MR) is 147 cm³/mol. The van der Waals surface area contributed by atoms with Crippen molar-refractivity contribution in [1.82, 2.24) is 0 Å². The average molecular weight is 577 g/mol. The lowest BCUT2D eigenvalue weighted by Gasteiger charge is -2.36. The van der Waals surface area contributed by atoms with Crippen LogP contribution in [0.1, 0.15) is 6.42 Å². The van der Waals surface area contributed by atoms with Gasteiger partial charge in [-0.05, 0) is 84.5 Å². The van der Waals surface area contributed by atoms with E-state index in [0.717, 1.165) is 19.1 Å². The highest BCUT2D eigenvalue weighted by Crippen LogP contribution is 2.23. The number of ether oxygens (including phenoxy) is 2. The van der Waals surface area contributed by atoms with E-state index in [1.54, 1.807) is 0 Å². The number of rotatable bonds is 18. The molecule has 6 atom stereocenters. The molecular weight excluding hydrogens is 529 g/mol. The van der Waals surface area contributed by atoms with Crippen LogP contribution in [-0.2, 0) is 34.2 Å². The SMILES string of the molecule is C[SiH](O[SiH](C)O[SiH](C)O[Si](C)(CCCOCC1CO1)O[Si](C)(C)C)O[SiH](C)O[Si](C)(C)C. The van der Waals surface area contributed by atoms with Gasteiger partial charge in [0, 0.05) is 6.61 Å². The lowest BCUT2D eigenvalue weighted by atomic mass is 10.5. The zero-order valence-corrected chi connectivity index (χ0v) is 29.8. The topological polar surface area (TPSA) is 77.1 Å². The summed E-state index contributed by atoms with van der Waals surface area (Å²) in [4.78, 5) is 0. The van der Waals surface area contributed by atoms with E-state index in [0.29, 0.717) is 19.3 Å². The molecule has 1 aliphatic heterocycles. The largest absolute Gasteiger partial charge is 0.439 e. The zero-order chi connectivity index (χ0) is 24.6. The lowest BCUT2D eigenvalue weighted by molar-refractivity contribution is 0.116. The van der Waals surface area contributed by atoms with Crippen LogP contribution < -0.4 is 0 Å². The lowest BCUT2D eigenvalue weighted by Crippen LogP contribution is -2.51. The molecular formula is C17H48O8Si7. The molecule has 0 aromatic heterocycles.